The Balaban J connectivity index is 2.10. The quantitative estimate of drug-likeness (QED) is 0.673. The van der Waals surface area contributed by atoms with Crippen molar-refractivity contribution >= 4 is 25.5 Å². The van der Waals surface area contributed by atoms with Crippen LogP contribution in [0.25, 0.3) is 0 Å². The smallest absolute Gasteiger partial charge is 0.193 e. The van der Waals surface area contributed by atoms with Crippen molar-refractivity contribution in [2.24, 2.45) is 0 Å². The van der Waals surface area contributed by atoms with Crippen LogP contribution >= 0.6 is 12.2 Å². The van der Waals surface area contributed by atoms with Gasteiger partial charge in [0.05, 0.1) is 18.3 Å². The molecule has 2 heterocycles. The van der Waals surface area contributed by atoms with Crippen LogP contribution in [0.3, 0.4) is 0 Å². The first-order chi connectivity index (χ1) is 9.60. The van der Waals surface area contributed by atoms with E-state index in [0.717, 1.165) is 12.0 Å². The maximum atomic E-state index is 13.3. The van der Waals surface area contributed by atoms with E-state index in [1.54, 1.807) is 6.20 Å². The molecule has 3 nitrogen and oxygen atoms in total. The van der Waals surface area contributed by atoms with Crippen molar-refractivity contribution in [1.82, 2.24) is 10.3 Å². The molecular weight excluding hydrogens is 303 g/mol. The van der Waals surface area contributed by atoms with Gasteiger partial charge in [0, 0.05) is 12.6 Å². The third-order valence-electron chi connectivity index (χ3n) is 4.43. The highest BCUT2D eigenvalue weighted by Gasteiger charge is 2.42. The Labute approximate surface area is 132 Å². The lowest BCUT2D eigenvalue weighted by Crippen LogP contribution is -2.45. The summed E-state index contributed by atoms with van der Waals surface area (Å²) in [6, 6.07) is 1.48. The number of halogens is 1. The molecule has 2 unspecified atom stereocenters. The van der Waals surface area contributed by atoms with Crippen molar-refractivity contribution in [2.45, 2.75) is 57.5 Å². The number of rotatable bonds is 3. The molecule has 2 atom stereocenters. The van der Waals surface area contributed by atoms with Gasteiger partial charge in [-0.25, -0.2) is 4.39 Å². The van der Waals surface area contributed by atoms with Gasteiger partial charge in [-0.05, 0) is 29.8 Å². The molecule has 1 saturated heterocycles. The molecule has 2 rings (SSSR count). The second-order valence-electron chi connectivity index (χ2n) is 7.10. The van der Waals surface area contributed by atoms with Gasteiger partial charge in [0.15, 0.2) is 8.32 Å². The monoisotopic (exact) mass is 326 g/mol. The van der Waals surface area contributed by atoms with E-state index in [1.165, 1.54) is 12.3 Å². The minimum absolute atomic E-state index is 0.0181. The molecule has 1 aliphatic heterocycles. The van der Waals surface area contributed by atoms with E-state index >= 15 is 0 Å². The standard InChI is InChI=1S/C15H23FN2OSSi/c1-15(2,3)21(4,5)19-13-7-12(18-14(13)20)10-6-11(16)9-17-8-10/h6,8-9,12-13H,7H2,1-5H3,(H,18,20). The highest BCUT2D eigenvalue weighted by molar-refractivity contribution is 7.80. The van der Waals surface area contributed by atoms with E-state index in [2.05, 4.69) is 44.2 Å². The van der Waals surface area contributed by atoms with Gasteiger partial charge in [-0.15, -0.1) is 0 Å². The average Bonchev–Trinajstić information content (AvgIpc) is 2.69. The third kappa shape index (κ3) is 3.67. The fourth-order valence-corrected chi connectivity index (χ4v) is 3.77. The molecular formula is C15H23FN2OSSi. The Morgan fingerprint density at radius 1 is 1.38 bits per heavy atom. The summed E-state index contributed by atoms with van der Waals surface area (Å²) >= 11 is 5.41. The van der Waals surface area contributed by atoms with Crippen LogP contribution in [0.1, 0.15) is 38.8 Å². The molecule has 1 fully saturated rings. The summed E-state index contributed by atoms with van der Waals surface area (Å²) < 4.78 is 19.7. The van der Waals surface area contributed by atoms with Gasteiger partial charge >= 0.3 is 0 Å². The molecule has 1 aromatic heterocycles. The molecule has 0 saturated carbocycles. The van der Waals surface area contributed by atoms with Gasteiger partial charge in [0.2, 0.25) is 0 Å². The number of thiocarbonyl (C=S) groups is 1. The fourth-order valence-electron chi connectivity index (χ4n) is 2.12. The van der Waals surface area contributed by atoms with Crippen LogP contribution in [0.4, 0.5) is 4.39 Å². The second kappa shape index (κ2) is 5.74. The van der Waals surface area contributed by atoms with Crippen LogP contribution in [-0.2, 0) is 4.43 Å². The van der Waals surface area contributed by atoms with Gasteiger partial charge in [0.1, 0.15) is 10.8 Å². The van der Waals surface area contributed by atoms with Crippen molar-refractivity contribution in [2.75, 3.05) is 0 Å². The molecule has 1 aliphatic rings. The lowest BCUT2D eigenvalue weighted by atomic mass is 10.1. The maximum Gasteiger partial charge on any atom is 0.193 e. The summed E-state index contributed by atoms with van der Waals surface area (Å²) in [6.07, 6.45) is 3.53. The Morgan fingerprint density at radius 2 is 2.05 bits per heavy atom. The molecule has 116 valence electrons. The zero-order valence-electron chi connectivity index (χ0n) is 13.2. The molecule has 0 amide bonds. The van der Waals surface area contributed by atoms with Crippen LogP contribution in [0.2, 0.25) is 18.1 Å². The number of aromatic nitrogens is 1. The molecule has 6 heteroatoms. The van der Waals surface area contributed by atoms with Crippen LogP contribution in [0.15, 0.2) is 18.5 Å². The predicted octanol–water partition coefficient (Wildman–Crippen LogP) is 3.97. The van der Waals surface area contributed by atoms with Crippen molar-refractivity contribution < 1.29 is 8.82 Å². The van der Waals surface area contributed by atoms with Crippen molar-refractivity contribution in [3.8, 4) is 0 Å². The first-order valence-corrected chi connectivity index (χ1v) is 10.5. The topological polar surface area (TPSA) is 34.1 Å². The predicted molar refractivity (Wildman–Crippen MR) is 89.4 cm³/mol. The van der Waals surface area contributed by atoms with E-state index in [-0.39, 0.29) is 23.0 Å². The first kappa shape index (κ1) is 16.5. The van der Waals surface area contributed by atoms with Crippen LogP contribution in [0, 0.1) is 5.82 Å². The highest BCUT2D eigenvalue weighted by Crippen LogP contribution is 2.39. The van der Waals surface area contributed by atoms with Crippen molar-refractivity contribution in [1.29, 1.82) is 0 Å². The van der Waals surface area contributed by atoms with Crippen molar-refractivity contribution in [3.05, 3.63) is 29.8 Å². The normalized spacial score (nSPS) is 23.2. The lowest BCUT2D eigenvalue weighted by molar-refractivity contribution is 0.238. The minimum atomic E-state index is -1.87. The van der Waals surface area contributed by atoms with Gasteiger partial charge in [-0.3, -0.25) is 4.98 Å². The number of pyridine rings is 1. The highest BCUT2D eigenvalue weighted by atomic mass is 32.1. The van der Waals surface area contributed by atoms with E-state index < -0.39 is 8.32 Å². The van der Waals surface area contributed by atoms with Crippen LogP contribution in [0.5, 0.6) is 0 Å². The molecule has 0 spiro atoms. The molecule has 0 bridgehead atoms. The summed E-state index contributed by atoms with van der Waals surface area (Å²) in [6.45, 7) is 11.1. The Kier molecular flexibility index (Phi) is 4.51. The van der Waals surface area contributed by atoms with E-state index in [0.29, 0.717) is 4.99 Å². The average molecular weight is 327 g/mol. The number of hydrogen-bond acceptors (Lipinski definition) is 3. The number of nitrogens with one attached hydrogen (secondary N) is 1. The summed E-state index contributed by atoms with van der Waals surface area (Å²) in [5.41, 5.74) is 0.818. The fraction of sp³-hybridized carbons (Fsp3) is 0.600. The zero-order chi connectivity index (χ0) is 15.8. The zero-order valence-corrected chi connectivity index (χ0v) is 15.1. The molecule has 0 radical (unpaired) electrons. The minimum Gasteiger partial charge on any atom is -0.407 e. The maximum absolute atomic E-state index is 13.3. The first-order valence-electron chi connectivity index (χ1n) is 7.19. The van der Waals surface area contributed by atoms with Gasteiger partial charge in [-0.1, -0.05) is 33.0 Å². The Bertz CT molecular complexity index is 545. The summed E-state index contributed by atoms with van der Waals surface area (Å²) in [4.78, 5) is 4.62. The van der Waals surface area contributed by atoms with Crippen molar-refractivity contribution in [3.63, 3.8) is 0 Å². The van der Waals surface area contributed by atoms with Gasteiger partial charge in [-0.2, -0.15) is 0 Å². The summed E-state index contributed by atoms with van der Waals surface area (Å²) in [7, 11) is -1.87. The molecule has 1 N–H and O–H groups in total. The summed E-state index contributed by atoms with van der Waals surface area (Å²) in [5, 5.41) is 3.38. The Hall–Kier alpha value is -0.853. The number of hydrogen-bond donors (Lipinski definition) is 1. The summed E-state index contributed by atoms with van der Waals surface area (Å²) in [5.74, 6) is -0.325. The van der Waals surface area contributed by atoms with Gasteiger partial charge < -0.3 is 9.74 Å². The largest absolute Gasteiger partial charge is 0.407 e. The van der Waals surface area contributed by atoms with Gasteiger partial charge in [0.25, 0.3) is 0 Å². The van der Waals surface area contributed by atoms with E-state index in [1.807, 2.05) is 0 Å². The molecule has 21 heavy (non-hydrogen) atoms. The lowest BCUT2D eigenvalue weighted by Gasteiger charge is -2.38. The number of nitrogens with zero attached hydrogens (tertiary/aromatic N) is 1. The van der Waals surface area contributed by atoms with E-state index in [4.69, 9.17) is 16.6 Å². The SMILES string of the molecule is CC(C)(C)[Si](C)(C)OC1CC(c2cncc(F)c2)NC1=S. The molecule has 1 aromatic rings. The van der Waals surface area contributed by atoms with Crippen LogP contribution in [-0.4, -0.2) is 24.4 Å². The molecule has 0 aliphatic carbocycles. The Morgan fingerprint density at radius 3 is 2.62 bits per heavy atom. The third-order valence-corrected chi connectivity index (χ3v) is 9.30. The second-order valence-corrected chi connectivity index (χ2v) is 12.3. The van der Waals surface area contributed by atoms with Crippen LogP contribution < -0.4 is 5.32 Å². The molecule has 0 aromatic carbocycles. The van der Waals surface area contributed by atoms with E-state index in [9.17, 15) is 4.39 Å².